The topological polar surface area (TPSA) is 51.0 Å². The molecule has 0 fully saturated rings. The van der Waals surface area contributed by atoms with E-state index in [9.17, 15) is 0 Å². The van der Waals surface area contributed by atoms with E-state index in [0.717, 1.165) is 23.6 Å². The number of H-pyrrole nitrogens is 1. The van der Waals surface area contributed by atoms with Gasteiger partial charge in [-0.1, -0.05) is 0 Å². The second kappa shape index (κ2) is 9.29. The van der Waals surface area contributed by atoms with E-state index in [1.165, 1.54) is 16.0 Å². The fourth-order valence-corrected chi connectivity index (χ4v) is 2.87. The zero-order valence-corrected chi connectivity index (χ0v) is 14.0. The second-order valence-corrected chi connectivity index (χ2v) is 5.30. The maximum Gasteiger partial charge on any atom is 0.212 e. The van der Waals surface area contributed by atoms with Crippen molar-refractivity contribution >= 4 is 22.7 Å². The molecule has 0 bridgehead atoms. The number of aromatic nitrogens is 1. The van der Waals surface area contributed by atoms with Gasteiger partial charge >= 0.3 is 0 Å². The van der Waals surface area contributed by atoms with E-state index in [0.29, 0.717) is 6.61 Å². The predicted octanol–water partition coefficient (Wildman–Crippen LogP) is -4.30. The largest absolute Gasteiger partial charge is 1.00 e. The van der Waals surface area contributed by atoms with Gasteiger partial charge in [0.1, 0.15) is 5.75 Å². The van der Waals surface area contributed by atoms with Crippen molar-refractivity contribution in [1.29, 1.82) is 0 Å². The normalized spacial score (nSPS) is 9.75. The van der Waals surface area contributed by atoms with Crippen molar-refractivity contribution in [2.45, 2.75) is 18.7 Å². The summed E-state index contributed by atoms with van der Waals surface area (Å²) in [4.78, 5) is 4.69. The molecule has 6 heteroatoms. The Morgan fingerprint density at radius 3 is 2.65 bits per heavy atom. The van der Waals surface area contributed by atoms with Gasteiger partial charge in [0.2, 0.25) is 5.52 Å². The summed E-state index contributed by atoms with van der Waals surface area (Å²) in [5, 5.41) is 1.23. The predicted molar refractivity (Wildman–Crippen MR) is 74.9 cm³/mol. The number of fused-ring (bicyclic) bond motifs is 1. The molecule has 0 aliphatic heterocycles. The number of pyridine rings is 1. The van der Waals surface area contributed by atoms with E-state index in [2.05, 4.69) is 35.8 Å². The highest BCUT2D eigenvalue weighted by Gasteiger charge is 2.10. The van der Waals surface area contributed by atoms with Crippen molar-refractivity contribution in [3.63, 3.8) is 0 Å². The Balaban J connectivity index is 0.00000180. The SMILES string of the molecule is CCOc1ccc2[nH+]c(C)cc(SCC[NH3+])c2c1.[Cl-].[Cl-]. The van der Waals surface area contributed by atoms with E-state index < -0.39 is 0 Å². The zero-order chi connectivity index (χ0) is 13.0. The van der Waals surface area contributed by atoms with Crippen LogP contribution in [-0.4, -0.2) is 18.9 Å². The molecule has 2 aromatic rings. The lowest BCUT2D eigenvalue weighted by molar-refractivity contribution is -0.360. The minimum absolute atomic E-state index is 0. The number of rotatable bonds is 5. The van der Waals surface area contributed by atoms with Crippen LogP contribution >= 0.6 is 11.8 Å². The van der Waals surface area contributed by atoms with Crippen LogP contribution in [0.25, 0.3) is 10.9 Å². The highest BCUT2D eigenvalue weighted by molar-refractivity contribution is 7.99. The Morgan fingerprint density at radius 1 is 1.25 bits per heavy atom. The maximum atomic E-state index is 5.57. The molecule has 20 heavy (non-hydrogen) atoms. The molecule has 0 atom stereocenters. The van der Waals surface area contributed by atoms with Crippen LogP contribution < -0.4 is 40.3 Å². The molecule has 1 aromatic heterocycles. The number of quaternary nitrogens is 1. The van der Waals surface area contributed by atoms with Crippen molar-refractivity contribution in [3.05, 3.63) is 30.0 Å². The molecule has 0 spiro atoms. The number of halogens is 2. The van der Waals surface area contributed by atoms with Crippen molar-refractivity contribution in [1.82, 2.24) is 0 Å². The molecule has 0 aliphatic carbocycles. The third-order valence-electron chi connectivity index (χ3n) is 2.65. The van der Waals surface area contributed by atoms with Gasteiger partial charge in [0.05, 0.1) is 18.5 Å². The van der Waals surface area contributed by atoms with Gasteiger partial charge in [-0.2, -0.15) is 0 Å². The van der Waals surface area contributed by atoms with Crippen LogP contribution in [-0.2, 0) is 0 Å². The molecule has 1 aromatic carbocycles. The third-order valence-corrected chi connectivity index (χ3v) is 3.79. The molecule has 0 saturated carbocycles. The molecule has 0 radical (unpaired) electrons. The van der Waals surface area contributed by atoms with Gasteiger partial charge < -0.3 is 35.3 Å². The maximum absolute atomic E-state index is 5.57. The van der Waals surface area contributed by atoms with Gasteiger partial charge in [0.25, 0.3) is 0 Å². The summed E-state index contributed by atoms with van der Waals surface area (Å²) < 4.78 is 5.57. The number of nitrogens with one attached hydrogen (secondary N) is 1. The van der Waals surface area contributed by atoms with Crippen LogP contribution in [0.3, 0.4) is 0 Å². The molecular weight excluding hydrogens is 315 g/mol. The Morgan fingerprint density at radius 2 is 2.00 bits per heavy atom. The monoisotopic (exact) mass is 334 g/mol. The molecule has 0 aliphatic rings. The fourth-order valence-electron chi connectivity index (χ4n) is 1.92. The molecule has 0 unspecified atom stereocenters. The third kappa shape index (κ3) is 4.70. The number of ether oxygens (including phenoxy) is 1. The minimum atomic E-state index is 0. The second-order valence-electron chi connectivity index (χ2n) is 4.16. The quantitative estimate of drug-likeness (QED) is 0.562. The van der Waals surface area contributed by atoms with Crippen LogP contribution in [0, 0.1) is 6.92 Å². The van der Waals surface area contributed by atoms with E-state index in [1.54, 1.807) is 0 Å². The number of hydrogen-bond donors (Lipinski definition) is 1. The Labute approximate surface area is 136 Å². The fraction of sp³-hybridized carbons (Fsp3) is 0.357. The van der Waals surface area contributed by atoms with Crippen molar-refractivity contribution in [2.75, 3.05) is 18.9 Å². The Hall–Kier alpha value is -0.680. The number of benzene rings is 1. The highest BCUT2D eigenvalue weighted by Crippen LogP contribution is 2.28. The molecular formula is C14H20Cl2N2OS. The number of hydrogen-bond acceptors (Lipinski definition) is 2. The standard InChI is InChI=1S/C14H18N2OS.2ClH/c1-3-17-11-4-5-13-12(9-11)14(18-7-6-15)8-10(2)16-13;;/h4-5,8-9H,3,6-7,15H2,1-2H3;2*1H. The van der Waals surface area contributed by atoms with Crippen molar-refractivity contribution in [2.24, 2.45) is 0 Å². The van der Waals surface area contributed by atoms with Crippen molar-refractivity contribution < 1.29 is 40.3 Å². The van der Waals surface area contributed by atoms with Gasteiger partial charge in [-0.25, -0.2) is 4.98 Å². The number of aromatic amines is 1. The first-order valence-corrected chi connectivity index (χ1v) is 7.24. The summed E-state index contributed by atoms with van der Waals surface area (Å²) in [6, 6.07) is 8.40. The van der Waals surface area contributed by atoms with Crippen LogP contribution in [0.15, 0.2) is 29.2 Å². The molecule has 112 valence electrons. The minimum Gasteiger partial charge on any atom is -1.00 e. The van der Waals surface area contributed by atoms with Crippen molar-refractivity contribution in [3.8, 4) is 5.75 Å². The van der Waals surface area contributed by atoms with Gasteiger partial charge in [0.15, 0.2) is 5.69 Å². The summed E-state index contributed by atoms with van der Waals surface area (Å²) in [5.74, 6) is 1.97. The summed E-state index contributed by atoms with van der Waals surface area (Å²) in [6.45, 7) is 5.73. The Bertz CT molecular complexity index is 552. The Kier molecular flexibility index (Phi) is 8.98. The smallest absolute Gasteiger partial charge is 0.212 e. The first-order valence-electron chi connectivity index (χ1n) is 6.26. The first-order chi connectivity index (χ1) is 8.74. The van der Waals surface area contributed by atoms with Gasteiger partial charge in [0, 0.05) is 29.7 Å². The summed E-state index contributed by atoms with van der Waals surface area (Å²) in [5.41, 5.74) is 6.23. The average Bonchev–Trinajstić information content (AvgIpc) is 2.36. The summed E-state index contributed by atoms with van der Waals surface area (Å²) >= 11 is 1.85. The highest BCUT2D eigenvalue weighted by atomic mass is 35.5. The molecule has 1 heterocycles. The number of aryl methyl sites for hydroxylation is 1. The number of thioether (sulfide) groups is 1. The molecule has 0 amide bonds. The van der Waals surface area contributed by atoms with Gasteiger partial charge in [-0.15, -0.1) is 11.8 Å². The lowest BCUT2D eigenvalue weighted by atomic mass is 10.2. The zero-order valence-electron chi connectivity index (χ0n) is 11.7. The van der Waals surface area contributed by atoms with Crippen LogP contribution in [0.4, 0.5) is 0 Å². The first kappa shape index (κ1) is 19.3. The van der Waals surface area contributed by atoms with E-state index in [1.807, 2.05) is 24.8 Å². The molecule has 4 N–H and O–H groups in total. The lowest BCUT2D eigenvalue weighted by Gasteiger charge is -2.06. The molecule has 3 nitrogen and oxygen atoms in total. The van der Waals surface area contributed by atoms with E-state index in [4.69, 9.17) is 4.74 Å². The lowest BCUT2D eigenvalue weighted by Crippen LogP contribution is -3.00. The van der Waals surface area contributed by atoms with E-state index in [-0.39, 0.29) is 24.8 Å². The summed E-state index contributed by atoms with van der Waals surface area (Å²) in [6.07, 6.45) is 0. The van der Waals surface area contributed by atoms with Crippen LogP contribution in [0.1, 0.15) is 12.6 Å². The van der Waals surface area contributed by atoms with Gasteiger partial charge in [-0.05, 0) is 19.1 Å². The molecule has 0 saturated heterocycles. The average molecular weight is 335 g/mol. The van der Waals surface area contributed by atoms with Crippen LogP contribution in [0.5, 0.6) is 5.75 Å². The van der Waals surface area contributed by atoms with E-state index >= 15 is 0 Å². The summed E-state index contributed by atoms with van der Waals surface area (Å²) in [7, 11) is 0. The van der Waals surface area contributed by atoms with Gasteiger partial charge in [-0.3, -0.25) is 0 Å². The molecule has 2 rings (SSSR count). The van der Waals surface area contributed by atoms with Crippen LogP contribution in [0.2, 0.25) is 0 Å².